The second kappa shape index (κ2) is 8.34. The van der Waals surface area contributed by atoms with Crippen molar-refractivity contribution < 1.29 is 19.1 Å². The Kier molecular flexibility index (Phi) is 5.40. The molecule has 1 unspecified atom stereocenters. The lowest BCUT2D eigenvalue weighted by Crippen LogP contribution is -2.44. The van der Waals surface area contributed by atoms with Gasteiger partial charge in [0.15, 0.2) is 11.5 Å². The molecule has 2 aromatic carbocycles. The molecule has 1 fully saturated rings. The van der Waals surface area contributed by atoms with Crippen LogP contribution in [-0.2, 0) is 16.0 Å². The number of halogens is 1. The van der Waals surface area contributed by atoms with E-state index in [1.807, 2.05) is 47.4 Å². The number of carbonyl (C=O) groups is 2. The molecule has 2 amide bonds. The summed E-state index contributed by atoms with van der Waals surface area (Å²) in [6.45, 7) is 1.34. The van der Waals surface area contributed by atoms with E-state index in [0.717, 1.165) is 33.5 Å². The summed E-state index contributed by atoms with van der Waals surface area (Å²) in [5, 5.41) is 6.19. The molecule has 0 radical (unpaired) electrons. The zero-order valence-corrected chi connectivity index (χ0v) is 18.5. The van der Waals surface area contributed by atoms with Crippen LogP contribution in [0.15, 0.2) is 52.0 Å². The van der Waals surface area contributed by atoms with Gasteiger partial charge in [-0.1, -0.05) is 34.1 Å². The number of carbonyl (C=O) groups excluding carboxylic acids is 2. The van der Waals surface area contributed by atoms with Crippen LogP contribution in [0.25, 0.3) is 0 Å². The second-order valence-corrected chi connectivity index (χ2v) is 8.78. The Morgan fingerprint density at radius 2 is 1.94 bits per heavy atom. The minimum absolute atomic E-state index is 0.0542. The fraction of sp³-hybridized carbons (Fsp3) is 0.348. The lowest BCUT2D eigenvalue weighted by Gasteiger charge is -2.25. The summed E-state index contributed by atoms with van der Waals surface area (Å²) in [6, 6.07) is 13.4. The average Bonchev–Trinajstić information content (AvgIpc) is 3.51. The third kappa shape index (κ3) is 4.04. The molecule has 8 heteroatoms. The van der Waals surface area contributed by atoms with Crippen LogP contribution in [0.2, 0.25) is 0 Å². The van der Waals surface area contributed by atoms with Crippen molar-refractivity contribution in [3.05, 3.63) is 58.1 Å². The van der Waals surface area contributed by atoms with Crippen molar-refractivity contribution >= 4 is 33.5 Å². The summed E-state index contributed by atoms with van der Waals surface area (Å²) in [4.78, 5) is 27.3. The predicted octanol–water partition coefficient (Wildman–Crippen LogP) is 3.35. The molecule has 1 atom stereocenters. The maximum atomic E-state index is 13.0. The number of hydrogen-bond donors (Lipinski definition) is 0. The van der Waals surface area contributed by atoms with Gasteiger partial charge < -0.3 is 14.4 Å². The molecule has 0 saturated carbocycles. The topological polar surface area (TPSA) is 71.4 Å². The highest BCUT2D eigenvalue weighted by Gasteiger charge is 2.38. The van der Waals surface area contributed by atoms with Gasteiger partial charge in [-0.05, 0) is 42.7 Å². The van der Waals surface area contributed by atoms with Crippen molar-refractivity contribution in [2.75, 3.05) is 19.9 Å². The molecular formula is C23H22BrN3O4. The van der Waals surface area contributed by atoms with Crippen LogP contribution >= 0.6 is 15.9 Å². The quantitative estimate of drug-likeness (QED) is 0.653. The van der Waals surface area contributed by atoms with Crippen molar-refractivity contribution in [2.24, 2.45) is 5.10 Å². The SMILES string of the molecule is O=C(CCc1ccc2c(c1)OCO2)N1CC(N2CCCC2=O)C(c2ccc(Br)cc2)=N1. The van der Waals surface area contributed by atoms with Gasteiger partial charge in [0.25, 0.3) is 0 Å². The Hall–Kier alpha value is -2.87. The van der Waals surface area contributed by atoms with E-state index < -0.39 is 0 Å². The van der Waals surface area contributed by atoms with Gasteiger partial charge in [-0.3, -0.25) is 9.59 Å². The minimum atomic E-state index is -0.203. The highest BCUT2D eigenvalue weighted by Crippen LogP contribution is 2.33. The first-order chi connectivity index (χ1) is 15.1. The molecule has 0 bridgehead atoms. The van der Waals surface area contributed by atoms with Gasteiger partial charge in [-0.15, -0.1) is 0 Å². The lowest BCUT2D eigenvalue weighted by atomic mass is 10.0. The smallest absolute Gasteiger partial charge is 0.243 e. The molecule has 7 nitrogen and oxygen atoms in total. The van der Waals surface area contributed by atoms with Crippen LogP contribution in [0, 0.1) is 0 Å². The van der Waals surface area contributed by atoms with E-state index >= 15 is 0 Å². The highest BCUT2D eigenvalue weighted by atomic mass is 79.9. The van der Waals surface area contributed by atoms with Crippen molar-refractivity contribution in [2.45, 2.75) is 31.7 Å². The maximum Gasteiger partial charge on any atom is 0.243 e. The zero-order chi connectivity index (χ0) is 21.4. The van der Waals surface area contributed by atoms with Crippen molar-refractivity contribution in [3.63, 3.8) is 0 Å². The van der Waals surface area contributed by atoms with Crippen LogP contribution in [-0.4, -0.2) is 53.4 Å². The molecule has 0 N–H and O–H groups in total. The number of likely N-dealkylation sites (tertiary alicyclic amines) is 1. The number of nitrogens with zero attached hydrogens (tertiary/aromatic N) is 3. The molecule has 3 heterocycles. The number of aryl methyl sites for hydroxylation is 1. The van der Waals surface area contributed by atoms with Crippen LogP contribution in [0.3, 0.4) is 0 Å². The van der Waals surface area contributed by atoms with E-state index in [1.54, 1.807) is 0 Å². The molecule has 31 heavy (non-hydrogen) atoms. The first-order valence-electron chi connectivity index (χ1n) is 10.4. The second-order valence-electron chi connectivity index (χ2n) is 7.86. The van der Waals surface area contributed by atoms with Gasteiger partial charge in [0.1, 0.15) is 0 Å². The maximum absolute atomic E-state index is 13.0. The van der Waals surface area contributed by atoms with Crippen LogP contribution in [0.4, 0.5) is 0 Å². The van der Waals surface area contributed by atoms with Crippen molar-refractivity contribution in [3.8, 4) is 11.5 Å². The fourth-order valence-corrected chi connectivity index (χ4v) is 4.50. The number of ether oxygens (including phenoxy) is 2. The standard InChI is InChI=1S/C23H22BrN3O4/c24-17-7-5-16(6-8-17)23-18(26-11-1-2-21(26)28)13-27(25-23)22(29)10-4-15-3-9-19-20(12-15)31-14-30-19/h3,5-9,12,18H,1-2,4,10-11,13-14H2. The zero-order valence-electron chi connectivity index (χ0n) is 16.9. The first kappa shape index (κ1) is 20.1. The summed E-state index contributed by atoms with van der Waals surface area (Å²) in [5.74, 6) is 1.52. The molecule has 0 spiro atoms. The number of hydrazone groups is 1. The third-order valence-corrected chi connectivity index (χ3v) is 6.40. The molecule has 0 aliphatic carbocycles. The van der Waals surface area contributed by atoms with E-state index in [2.05, 4.69) is 21.0 Å². The average molecular weight is 484 g/mol. The van der Waals surface area contributed by atoms with Crippen LogP contribution < -0.4 is 9.47 Å². The number of hydrogen-bond acceptors (Lipinski definition) is 5. The van der Waals surface area contributed by atoms with E-state index in [9.17, 15) is 9.59 Å². The largest absolute Gasteiger partial charge is 0.454 e. The van der Waals surface area contributed by atoms with E-state index in [-0.39, 0.29) is 24.6 Å². The lowest BCUT2D eigenvalue weighted by molar-refractivity contribution is -0.133. The van der Waals surface area contributed by atoms with E-state index in [1.165, 1.54) is 5.01 Å². The van der Waals surface area contributed by atoms with Crippen molar-refractivity contribution in [1.82, 2.24) is 9.91 Å². The van der Waals surface area contributed by atoms with Crippen LogP contribution in [0.5, 0.6) is 11.5 Å². The summed E-state index contributed by atoms with van der Waals surface area (Å²) in [5.41, 5.74) is 2.72. The molecule has 3 aliphatic rings. The monoisotopic (exact) mass is 483 g/mol. The van der Waals surface area contributed by atoms with Gasteiger partial charge in [0.2, 0.25) is 18.6 Å². The Balaban J connectivity index is 1.32. The Morgan fingerprint density at radius 3 is 2.71 bits per heavy atom. The Labute approximate surface area is 188 Å². The molecular weight excluding hydrogens is 462 g/mol. The Bertz CT molecular complexity index is 1050. The molecule has 160 valence electrons. The Morgan fingerprint density at radius 1 is 1.13 bits per heavy atom. The molecule has 2 aromatic rings. The van der Waals surface area contributed by atoms with E-state index in [4.69, 9.17) is 9.47 Å². The van der Waals surface area contributed by atoms with Gasteiger partial charge >= 0.3 is 0 Å². The van der Waals surface area contributed by atoms with Gasteiger partial charge in [0, 0.05) is 29.4 Å². The molecule has 5 rings (SSSR count). The number of fused-ring (bicyclic) bond motifs is 1. The van der Waals surface area contributed by atoms with Crippen LogP contribution in [0.1, 0.15) is 30.4 Å². The fourth-order valence-electron chi connectivity index (χ4n) is 4.24. The van der Waals surface area contributed by atoms with Gasteiger partial charge in [-0.2, -0.15) is 5.10 Å². The summed E-state index contributed by atoms with van der Waals surface area (Å²) < 4.78 is 11.7. The third-order valence-electron chi connectivity index (χ3n) is 5.87. The van der Waals surface area contributed by atoms with Crippen molar-refractivity contribution in [1.29, 1.82) is 0 Å². The number of amides is 2. The first-order valence-corrected chi connectivity index (χ1v) is 11.2. The summed E-state index contributed by atoms with van der Waals surface area (Å²) >= 11 is 3.46. The number of benzene rings is 2. The number of rotatable bonds is 5. The molecule has 1 saturated heterocycles. The highest BCUT2D eigenvalue weighted by molar-refractivity contribution is 9.10. The molecule has 0 aromatic heterocycles. The summed E-state index contributed by atoms with van der Waals surface area (Å²) in [7, 11) is 0. The summed E-state index contributed by atoms with van der Waals surface area (Å²) in [6.07, 6.45) is 2.32. The molecule has 3 aliphatic heterocycles. The minimum Gasteiger partial charge on any atom is -0.454 e. The predicted molar refractivity (Wildman–Crippen MR) is 118 cm³/mol. The van der Waals surface area contributed by atoms with Gasteiger partial charge in [0.05, 0.1) is 18.3 Å². The van der Waals surface area contributed by atoms with E-state index in [0.29, 0.717) is 38.1 Å². The normalized spacial score (nSPS) is 19.8. The van der Waals surface area contributed by atoms with Gasteiger partial charge in [-0.25, -0.2) is 5.01 Å².